The minimum absolute atomic E-state index is 0.0651. The van der Waals surface area contributed by atoms with Gasteiger partial charge in [-0.3, -0.25) is 14.5 Å². The molecule has 1 unspecified atom stereocenters. The fourth-order valence-electron chi connectivity index (χ4n) is 3.52. The third kappa shape index (κ3) is 5.30. The van der Waals surface area contributed by atoms with Crippen LogP contribution < -0.4 is 5.32 Å². The molecule has 1 atom stereocenters. The highest BCUT2D eigenvalue weighted by Crippen LogP contribution is 2.22. The van der Waals surface area contributed by atoms with E-state index >= 15 is 0 Å². The van der Waals surface area contributed by atoms with Gasteiger partial charge < -0.3 is 10.4 Å². The van der Waals surface area contributed by atoms with E-state index in [1.165, 1.54) is 32.1 Å². The summed E-state index contributed by atoms with van der Waals surface area (Å²) in [4.78, 5) is 25.1. The van der Waals surface area contributed by atoms with Crippen molar-refractivity contribution < 1.29 is 14.7 Å². The van der Waals surface area contributed by atoms with Crippen molar-refractivity contribution in [3.8, 4) is 0 Å². The second kappa shape index (κ2) is 8.37. The normalized spacial score (nSPS) is 24.7. The van der Waals surface area contributed by atoms with Crippen LogP contribution in [0.4, 0.5) is 0 Å². The number of carboxylic acids is 1. The Morgan fingerprint density at radius 1 is 1.05 bits per heavy atom. The van der Waals surface area contributed by atoms with Gasteiger partial charge in [-0.05, 0) is 38.1 Å². The summed E-state index contributed by atoms with van der Waals surface area (Å²) in [5.74, 6) is -0.0444. The van der Waals surface area contributed by atoms with Gasteiger partial charge in [0, 0.05) is 19.5 Å². The van der Waals surface area contributed by atoms with Crippen LogP contribution in [0.5, 0.6) is 0 Å². The Kier molecular flexibility index (Phi) is 6.49. The first-order valence-electron chi connectivity index (χ1n) is 8.40. The lowest BCUT2D eigenvalue weighted by molar-refractivity contribution is -0.145. The standard InChI is InChI=1S/C16H28N2O3/c19-15(17-12-13-6-2-1-3-7-13)9-11-18-10-5-4-8-14(18)16(20)21/h13-14H,1-12H2,(H,17,19)(H,20,21). The van der Waals surface area contributed by atoms with Gasteiger partial charge in [0.25, 0.3) is 0 Å². The number of rotatable bonds is 6. The molecule has 2 fully saturated rings. The molecule has 2 aliphatic rings. The monoisotopic (exact) mass is 296 g/mol. The number of piperidine rings is 1. The minimum atomic E-state index is -0.752. The number of carboxylic acid groups (broad SMARTS) is 1. The third-order valence-electron chi connectivity index (χ3n) is 4.84. The topological polar surface area (TPSA) is 69.6 Å². The van der Waals surface area contributed by atoms with E-state index < -0.39 is 12.0 Å². The Morgan fingerprint density at radius 2 is 1.76 bits per heavy atom. The van der Waals surface area contributed by atoms with Gasteiger partial charge in [-0.1, -0.05) is 25.7 Å². The molecule has 0 aromatic heterocycles. The molecule has 0 aromatic carbocycles. The average Bonchev–Trinajstić information content (AvgIpc) is 2.52. The Bertz CT molecular complexity index is 353. The van der Waals surface area contributed by atoms with Crippen molar-refractivity contribution in [2.75, 3.05) is 19.6 Å². The minimum Gasteiger partial charge on any atom is -0.480 e. The zero-order valence-electron chi connectivity index (χ0n) is 12.9. The summed E-state index contributed by atoms with van der Waals surface area (Å²) in [7, 11) is 0. The van der Waals surface area contributed by atoms with Gasteiger partial charge in [0.2, 0.25) is 5.91 Å². The SMILES string of the molecule is O=C(CCN1CCCCC1C(=O)O)NCC1CCCCC1. The molecule has 1 heterocycles. The zero-order valence-corrected chi connectivity index (χ0v) is 12.9. The quantitative estimate of drug-likeness (QED) is 0.786. The summed E-state index contributed by atoms with van der Waals surface area (Å²) in [5, 5.41) is 12.2. The molecule has 5 heteroatoms. The fraction of sp³-hybridized carbons (Fsp3) is 0.875. The van der Waals surface area contributed by atoms with E-state index in [0.717, 1.165) is 25.9 Å². The van der Waals surface area contributed by atoms with Crippen LogP contribution >= 0.6 is 0 Å². The Hall–Kier alpha value is -1.10. The first-order valence-corrected chi connectivity index (χ1v) is 8.40. The lowest BCUT2D eigenvalue weighted by Crippen LogP contribution is -2.46. The molecule has 1 aliphatic carbocycles. The van der Waals surface area contributed by atoms with Crippen LogP contribution in [0, 0.1) is 5.92 Å². The van der Waals surface area contributed by atoms with Crippen molar-refractivity contribution in [2.45, 2.75) is 63.8 Å². The van der Waals surface area contributed by atoms with Crippen molar-refractivity contribution in [1.82, 2.24) is 10.2 Å². The maximum absolute atomic E-state index is 11.9. The second-order valence-corrected chi connectivity index (χ2v) is 6.44. The van der Waals surface area contributed by atoms with E-state index in [4.69, 9.17) is 0 Å². The number of amides is 1. The second-order valence-electron chi connectivity index (χ2n) is 6.44. The van der Waals surface area contributed by atoms with E-state index in [9.17, 15) is 14.7 Å². The van der Waals surface area contributed by atoms with Gasteiger partial charge in [0.15, 0.2) is 0 Å². The molecule has 0 aromatic rings. The largest absolute Gasteiger partial charge is 0.480 e. The van der Waals surface area contributed by atoms with Crippen LogP contribution in [0.25, 0.3) is 0 Å². The van der Waals surface area contributed by atoms with Gasteiger partial charge in [-0.25, -0.2) is 0 Å². The number of carbonyl (C=O) groups excluding carboxylic acids is 1. The predicted molar refractivity (Wildman–Crippen MR) is 81.0 cm³/mol. The summed E-state index contributed by atoms with van der Waals surface area (Å²) in [5.41, 5.74) is 0. The zero-order chi connectivity index (χ0) is 15.1. The van der Waals surface area contributed by atoms with E-state index in [2.05, 4.69) is 5.32 Å². The average molecular weight is 296 g/mol. The highest BCUT2D eigenvalue weighted by molar-refractivity contribution is 5.76. The first kappa shape index (κ1) is 16.3. The molecular formula is C16H28N2O3. The number of carbonyl (C=O) groups is 2. The molecule has 0 radical (unpaired) electrons. The fourth-order valence-corrected chi connectivity index (χ4v) is 3.52. The van der Waals surface area contributed by atoms with Gasteiger partial charge in [0.05, 0.1) is 0 Å². The van der Waals surface area contributed by atoms with Crippen molar-refractivity contribution in [1.29, 1.82) is 0 Å². The Balaban J connectivity index is 1.66. The van der Waals surface area contributed by atoms with Crippen LogP contribution in [-0.2, 0) is 9.59 Å². The third-order valence-corrected chi connectivity index (χ3v) is 4.84. The van der Waals surface area contributed by atoms with Gasteiger partial charge in [-0.2, -0.15) is 0 Å². The first-order chi connectivity index (χ1) is 10.2. The van der Waals surface area contributed by atoms with E-state index in [1.54, 1.807) is 0 Å². The summed E-state index contributed by atoms with van der Waals surface area (Å²) in [6, 6.07) is -0.398. The smallest absolute Gasteiger partial charge is 0.320 e. The summed E-state index contributed by atoms with van der Waals surface area (Å²) in [6.45, 7) is 2.15. The van der Waals surface area contributed by atoms with Crippen molar-refractivity contribution in [2.24, 2.45) is 5.92 Å². The highest BCUT2D eigenvalue weighted by atomic mass is 16.4. The maximum Gasteiger partial charge on any atom is 0.320 e. The molecule has 1 saturated carbocycles. The van der Waals surface area contributed by atoms with E-state index in [1.807, 2.05) is 4.90 Å². The Labute approximate surface area is 127 Å². The molecular weight excluding hydrogens is 268 g/mol. The number of aliphatic carboxylic acids is 1. The molecule has 2 rings (SSSR count). The number of likely N-dealkylation sites (tertiary alicyclic amines) is 1. The predicted octanol–water partition coefficient (Wildman–Crippen LogP) is 2.01. The van der Waals surface area contributed by atoms with Crippen LogP contribution in [0.3, 0.4) is 0 Å². The van der Waals surface area contributed by atoms with Crippen LogP contribution in [-0.4, -0.2) is 47.6 Å². The van der Waals surface area contributed by atoms with E-state index in [0.29, 0.717) is 25.3 Å². The number of nitrogens with zero attached hydrogens (tertiary/aromatic N) is 1. The summed E-state index contributed by atoms with van der Waals surface area (Å²) in [6.07, 6.45) is 9.49. The van der Waals surface area contributed by atoms with Gasteiger partial charge in [0.1, 0.15) is 6.04 Å². The molecule has 2 N–H and O–H groups in total. The Morgan fingerprint density at radius 3 is 2.48 bits per heavy atom. The van der Waals surface area contributed by atoms with Crippen molar-refractivity contribution in [3.63, 3.8) is 0 Å². The molecule has 1 saturated heterocycles. The van der Waals surface area contributed by atoms with Gasteiger partial charge >= 0.3 is 5.97 Å². The highest BCUT2D eigenvalue weighted by Gasteiger charge is 2.28. The van der Waals surface area contributed by atoms with Crippen LogP contribution in [0.1, 0.15) is 57.8 Å². The van der Waals surface area contributed by atoms with Gasteiger partial charge in [-0.15, -0.1) is 0 Å². The molecule has 1 amide bonds. The number of hydrogen-bond acceptors (Lipinski definition) is 3. The summed E-state index contributed by atoms with van der Waals surface area (Å²) >= 11 is 0. The molecule has 1 aliphatic heterocycles. The van der Waals surface area contributed by atoms with Crippen molar-refractivity contribution >= 4 is 11.9 Å². The molecule has 5 nitrogen and oxygen atoms in total. The van der Waals surface area contributed by atoms with Crippen LogP contribution in [0.15, 0.2) is 0 Å². The van der Waals surface area contributed by atoms with Crippen molar-refractivity contribution in [3.05, 3.63) is 0 Å². The maximum atomic E-state index is 11.9. The molecule has 0 bridgehead atoms. The lowest BCUT2D eigenvalue weighted by atomic mass is 9.89. The van der Waals surface area contributed by atoms with E-state index in [-0.39, 0.29) is 5.91 Å². The molecule has 21 heavy (non-hydrogen) atoms. The lowest BCUT2D eigenvalue weighted by Gasteiger charge is -2.32. The summed E-state index contributed by atoms with van der Waals surface area (Å²) < 4.78 is 0. The number of nitrogens with one attached hydrogen (secondary N) is 1. The van der Waals surface area contributed by atoms with Crippen LogP contribution in [0.2, 0.25) is 0 Å². The molecule has 120 valence electrons. The molecule has 0 spiro atoms. The number of hydrogen-bond donors (Lipinski definition) is 2.